The summed E-state index contributed by atoms with van der Waals surface area (Å²) in [6.07, 6.45) is 2.35. The van der Waals surface area contributed by atoms with E-state index < -0.39 is 0 Å². The van der Waals surface area contributed by atoms with Crippen LogP contribution >= 0.6 is 15.9 Å². The highest BCUT2D eigenvalue weighted by molar-refractivity contribution is 9.10. The molecule has 0 unspecified atom stereocenters. The van der Waals surface area contributed by atoms with Gasteiger partial charge in [0.2, 0.25) is 5.91 Å². The fourth-order valence-corrected chi connectivity index (χ4v) is 3.26. The van der Waals surface area contributed by atoms with Crippen LogP contribution in [0.25, 0.3) is 0 Å². The molecule has 0 spiro atoms. The van der Waals surface area contributed by atoms with Crippen molar-refractivity contribution >= 4 is 21.8 Å². The average Bonchev–Trinajstić information content (AvgIpc) is 2.52. The minimum Gasteiger partial charge on any atom is -0.338 e. The van der Waals surface area contributed by atoms with Gasteiger partial charge in [0.25, 0.3) is 0 Å². The monoisotopic (exact) mass is 343 g/mol. The summed E-state index contributed by atoms with van der Waals surface area (Å²) in [5, 5.41) is 0. The second kappa shape index (κ2) is 6.44. The number of benzene rings is 2. The second-order valence-electron chi connectivity index (χ2n) is 5.46. The van der Waals surface area contributed by atoms with Crippen molar-refractivity contribution in [3.63, 3.8) is 0 Å². The van der Waals surface area contributed by atoms with E-state index in [0.717, 1.165) is 30.4 Å². The van der Waals surface area contributed by atoms with Crippen molar-refractivity contribution < 1.29 is 4.79 Å². The predicted molar refractivity (Wildman–Crippen MR) is 88.0 cm³/mol. The molecule has 1 aliphatic rings. The zero-order valence-electron chi connectivity index (χ0n) is 11.9. The van der Waals surface area contributed by atoms with Gasteiger partial charge in [-0.05, 0) is 41.7 Å². The van der Waals surface area contributed by atoms with Gasteiger partial charge in [-0.1, -0.05) is 52.3 Å². The molecule has 2 aromatic carbocycles. The van der Waals surface area contributed by atoms with E-state index in [0.29, 0.717) is 6.42 Å². The van der Waals surface area contributed by atoms with Crippen LogP contribution in [-0.4, -0.2) is 17.4 Å². The van der Waals surface area contributed by atoms with E-state index in [9.17, 15) is 4.79 Å². The lowest BCUT2D eigenvalue weighted by Crippen LogP contribution is -2.36. The minimum atomic E-state index is 0.254. The molecule has 2 nitrogen and oxygen atoms in total. The Kier molecular flexibility index (Phi) is 4.39. The van der Waals surface area contributed by atoms with Crippen LogP contribution in [0.1, 0.15) is 23.1 Å². The van der Waals surface area contributed by atoms with Gasteiger partial charge in [0.1, 0.15) is 0 Å². The van der Waals surface area contributed by atoms with Gasteiger partial charge in [-0.2, -0.15) is 0 Å². The van der Waals surface area contributed by atoms with E-state index in [2.05, 4.69) is 46.3 Å². The first-order valence-corrected chi connectivity index (χ1v) is 8.11. The highest BCUT2D eigenvalue weighted by Crippen LogP contribution is 2.20. The molecule has 108 valence electrons. The molecule has 0 radical (unpaired) electrons. The summed E-state index contributed by atoms with van der Waals surface area (Å²) >= 11 is 3.47. The maximum Gasteiger partial charge on any atom is 0.223 e. The van der Waals surface area contributed by atoms with E-state index in [-0.39, 0.29) is 5.91 Å². The summed E-state index contributed by atoms with van der Waals surface area (Å²) in [6, 6.07) is 16.6. The normalized spacial score (nSPS) is 13.9. The molecule has 3 heteroatoms. The first-order valence-electron chi connectivity index (χ1n) is 7.31. The number of carbonyl (C=O) groups is 1. The third kappa shape index (κ3) is 3.53. The maximum atomic E-state index is 12.4. The molecule has 0 aromatic heterocycles. The molecule has 21 heavy (non-hydrogen) atoms. The molecule has 0 bridgehead atoms. The maximum absolute atomic E-state index is 12.4. The van der Waals surface area contributed by atoms with Crippen molar-refractivity contribution in [2.24, 2.45) is 0 Å². The number of rotatable bonds is 3. The summed E-state index contributed by atoms with van der Waals surface area (Å²) in [6.45, 7) is 1.60. The van der Waals surface area contributed by atoms with Crippen molar-refractivity contribution in [1.82, 2.24) is 4.90 Å². The first-order chi connectivity index (χ1) is 10.2. The van der Waals surface area contributed by atoms with Gasteiger partial charge in [-0.15, -0.1) is 0 Å². The highest BCUT2D eigenvalue weighted by Gasteiger charge is 2.19. The third-order valence-electron chi connectivity index (χ3n) is 4.00. The molecule has 0 fully saturated rings. The zero-order chi connectivity index (χ0) is 14.7. The molecular formula is C18H18BrNO. The molecule has 1 heterocycles. The van der Waals surface area contributed by atoms with Gasteiger partial charge in [0, 0.05) is 24.0 Å². The Morgan fingerprint density at radius 1 is 1.10 bits per heavy atom. The number of halogens is 1. The molecule has 0 atom stereocenters. The number of aryl methyl sites for hydroxylation is 1. The molecule has 0 saturated carbocycles. The smallest absolute Gasteiger partial charge is 0.223 e. The fraction of sp³-hybridized carbons (Fsp3) is 0.278. The number of carbonyl (C=O) groups excluding carboxylic acids is 1. The predicted octanol–water partition coefficient (Wildman–Crippen LogP) is 3.97. The van der Waals surface area contributed by atoms with Crippen molar-refractivity contribution in [1.29, 1.82) is 0 Å². The second-order valence-corrected chi connectivity index (χ2v) is 6.38. The number of hydrogen-bond acceptors (Lipinski definition) is 1. The van der Waals surface area contributed by atoms with Gasteiger partial charge in [0.05, 0.1) is 0 Å². The molecule has 0 N–H and O–H groups in total. The standard InChI is InChI=1S/C18H18BrNO/c19-17-7-3-4-14(12-17)8-9-18(21)20-11-10-15-5-1-2-6-16(15)13-20/h1-7,12H,8-11,13H2. The van der Waals surface area contributed by atoms with E-state index in [4.69, 9.17) is 0 Å². The van der Waals surface area contributed by atoms with Crippen molar-refractivity contribution in [3.05, 3.63) is 69.7 Å². The quantitative estimate of drug-likeness (QED) is 0.825. The van der Waals surface area contributed by atoms with Gasteiger partial charge in [-0.3, -0.25) is 4.79 Å². The zero-order valence-corrected chi connectivity index (χ0v) is 13.5. The number of fused-ring (bicyclic) bond motifs is 1. The van der Waals surface area contributed by atoms with Crippen molar-refractivity contribution in [2.75, 3.05) is 6.54 Å². The Balaban J connectivity index is 1.59. The number of amides is 1. The first kappa shape index (κ1) is 14.3. The van der Waals surface area contributed by atoms with Crippen LogP contribution in [-0.2, 0) is 24.2 Å². The lowest BCUT2D eigenvalue weighted by atomic mass is 9.99. The fourth-order valence-electron chi connectivity index (χ4n) is 2.81. The van der Waals surface area contributed by atoms with Crippen LogP contribution in [0.5, 0.6) is 0 Å². The highest BCUT2D eigenvalue weighted by atomic mass is 79.9. The average molecular weight is 344 g/mol. The third-order valence-corrected chi connectivity index (χ3v) is 4.49. The van der Waals surface area contributed by atoms with Crippen molar-refractivity contribution in [2.45, 2.75) is 25.8 Å². The summed E-state index contributed by atoms with van der Waals surface area (Å²) in [4.78, 5) is 14.4. The number of nitrogens with zero attached hydrogens (tertiary/aromatic N) is 1. The molecule has 1 amide bonds. The topological polar surface area (TPSA) is 20.3 Å². The van der Waals surface area contributed by atoms with Crippen LogP contribution in [0, 0.1) is 0 Å². The van der Waals surface area contributed by atoms with E-state index in [1.807, 2.05) is 23.1 Å². The molecule has 3 rings (SSSR count). The molecule has 0 aliphatic carbocycles. The Hall–Kier alpha value is -1.61. The van der Waals surface area contributed by atoms with Crippen LogP contribution in [0.2, 0.25) is 0 Å². The SMILES string of the molecule is O=C(CCc1cccc(Br)c1)N1CCc2ccccc2C1. The van der Waals surface area contributed by atoms with Gasteiger partial charge < -0.3 is 4.90 Å². The van der Waals surface area contributed by atoms with Gasteiger partial charge in [-0.25, -0.2) is 0 Å². The summed E-state index contributed by atoms with van der Waals surface area (Å²) in [5.41, 5.74) is 3.88. The summed E-state index contributed by atoms with van der Waals surface area (Å²) in [7, 11) is 0. The Morgan fingerprint density at radius 3 is 2.71 bits per heavy atom. The molecule has 1 aliphatic heterocycles. The summed E-state index contributed by atoms with van der Waals surface area (Å²) < 4.78 is 1.07. The van der Waals surface area contributed by atoms with E-state index in [1.165, 1.54) is 16.7 Å². The molecule has 0 saturated heterocycles. The minimum absolute atomic E-state index is 0.254. The van der Waals surface area contributed by atoms with Crippen molar-refractivity contribution in [3.8, 4) is 0 Å². The summed E-state index contributed by atoms with van der Waals surface area (Å²) in [5.74, 6) is 0.254. The molecular weight excluding hydrogens is 326 g/mol. The van der Waals surface area contributed by atoms with Crippen LogP contribution < -0.4 is 0 Å². The van der Waals surface area contributed by atoms with Gasteiger partial charge in [0.15, 0.2) is 0 Å². The lowest BCUT2D eigenvalue weighted by molar-refractivity contribution is -0.132. The van der Waals surface area contributed by atoms with Crippen LogP contribution in [0.4, 0.5) is 0 Å². The number of hydrogen-bond donors (Lipinski definition) is 0. The van der Waals surface area contributed by atoms with Gasteiger partial charge >= 0.3 is 0 Å². The van der Waals surface area contributed by atoms with E-state index >= 15 is 0 Å². The van der Waals surface area contributed by atoms with Crippen LogP contribution in [0.15, 0.2) is 53.0 Å². The van der Waals surface area contributed by atoms with E-state index in [1.54, 1.807) is 0 Å². The largest absolute Gasteiger partial charge is 0.338 e. The Bertz CT molecular complexity index is 653. The Labute approximate surface area is 133 Å². The lowest BCUT2D eigenvalue weighted by Gasteiger charge is -2.29. The van der Waals surface area contributed by atoms with Crippen LogP contribution in [0.3, 0.4) is 0 Å². The molecule has 2 aromatic rings. The Morgan fingerprint density at radius 2 is 1.90 bits per heavy atom.